The number of carbonyl (C=O) groups excluding carboxylic acids is 1. The fraction of sp³-hybridized carbons (Fsp3) is 0.682. The number of ether oxygens (including phenoxy) is 2. The molecule has 0 spiro atoms. The lowest BCUT2D eigenvalue weighted by Crippen LogP contribution is -2.48. The quantitative estimate of drug-likeness (QED) is 0.381. The molecule has 180 valence electrons. The monoisotopic (exact) mass is 487 g/mol. The highest BCUT2D eigenvalue weighted by molar-refractivity contribution is 7.89. The van der Waals surface area contributed by atoms with E-state index < -0.39 is 10.0 Å². The van der Waals surface area contributed by atoms with Crippen LogP contribution in [-0.2, 0) is 19.6 Å². The molecule has 1 amide bonds. The number of nitrogens with zero attached hydrogens (tertiary/aromatic N) is 2. The van der Waals surface area contributed by atoms with E-state index in [1.165, 1.54) is 0 Å². The Hall–Kier alpha value is -1.55. The number of halogens is 1. The highest BCUT2D eigenvalue weighted by Crippen LogP contribution is 2.32. The molecule has 2 aliphatic rings. The van der Waals surface area contributed by atoms with Gasteiger partial charge in [-0.25, -0.2) is 13.1 Å². The number of alkyl halides is 1. The summed E-state index contributed by atoms with van der Waals surface area (Å²) >= 11 is 5.69. The predicted molar refractivity (Wildman–Crippen MR) is 125 cm³/mol. The molecule has 0 aromatic heterocycles. The van der Waals surface area contributed by atoms with Crippen molar-refractivity contribution in [1.29, 1.82) is 0 Å². The van der Waals surface area contributed by atoms with Crippen molar-refractivity contribution in [2.45, 2.75) is 49.5 Å². The van der Waals surface area contributed by atoms with Crippen molar-refractivity contribution in [2.75, 3.05) is 57.2 Å². The van der Waals surface area contributed by atoms with Gasteiger partial charge in [0.25, 0.3) is 0 Å². The normalized spacial score (nSPS) is 19.4. The van der Waals surface area contributed by atoms with E-state index in [4.69, 9.17) is 21.1 Å². The van der Waals surface area contributed by atoms with Crippen LogP contribution >= 0.6 is 11.6 Å². The SMILES string of the molecule is COc1ccc(S(=O)(=O)NCC2CCCO2)cc1N1CCN(C(=O)CCCCCCl)CC1. The number of amides is 1. The molecule has 2 heterocycles. The number of unbranched alkanes of at least 4 members (excludes halogenated alkanes) is 2. The smallest absolute Gasteiger partial charge is 0.240 e. The van der Waals surface area contributed by atoms with Crippen LogP contribution < -0.4 is 14.4 Å². The number of benzene rings is 1. The molecule has 8 nitrogen and oxygen atoms in total. The molecule has 3 rings (SSSR count). The van der Waals surface area contributed by atoms with Gasteiger partial charge < -0.3 is 19.3 Å². The Balaban J connectivity index is 1.61. The molecule has 1 atom stereocenters. The minimum Gasteiger partial charge on any atom is -0.495 e. The Kier molecular flexibility index (Phi) is 9.46. The van der Waals surface area contributed by atoms with Crippen LogP contribution in [0.4, 0.5) is 5.69 Å². The van der Waals surface area contributed by atoms with Crippen LogP contribution in [-0.4, -0.2) is 77.6 Å². The molecule has 2 saturated heterocycles. The number of rotatable bonds is 11. The number of nitrogens with one attached hydrogen (secondary N) is 1. The second-order valence-electron chi connectivity index (χ2n) is 8.19. The van der Waals surface area contributed by atoms with Crippen molar-refractivity contribution < 1.29 is 22.7 Å². The van der Waals surface area contributed by atoms with E-state index in [2.05, 4.69) is 9.62 Å². The number of anilines is 1. The molecule has 10 heteroatoms. The second kappa shape index (κ2) is 12.1. The third-order valence-electron chi connectivity index (χ3n) is 5.98. The Bertz CT molecular complexity index is 853. The highest BCUT2D eigenvalue weighted by Gasteiger charge is 2.25. The summed E-state index contributed by atoms with van der Waals surface area (Å²) in [5, 5.41) is 0. The maximum absolute atomic E-state index is 12.8. The van der Waals surface area contributed by atoms with Crippen LogP contribution in [0.3, 0.4) is 0 Å². The van der Waals surface area contributed by atoms with Crippen molar-refractivity contribution in [3.05, 3.63) is 18.2 Å². The fourth-order valence-corrected chi connectivity index (χ4v) is 5.35. The molecule has 1 unspecified atom stereocenters. The van der Waals surface area contributed by atoms with E-state index in [1.54, 1.807) is 25.3 Å². The van der Waals surface area contributed by atoms with Crippen LogP contribution in [0.25, 0.3) is 0 Å². The zero-order chi connectivity index (χ0) is 23.0. The van der Waals surface area contributed by atoms with Gasteiger partial charge in [-0.2, -0.15) is 0 Å². The Morgan fingerprint density at radius 1 is 1.22 bits per heavy atom. The topological polar surface area (TPSA) is 88.2 Å². The first-order valence-electron chi connectivity index (χ1n) is 11.3. The molecular weight excluding hydrogens is 454 g/mol. The van der Waals surface area contributed by atoms with E-state index in [-0.39, 0.29) is 23.5 Å². The third kappa shape index (κ3) is 6.73. The first-order valence-corrected chi connectivity index (χ1v) is 13.3. The molecule has 0 aliphatic carbocycles. The average molecular weight is 488 g/mol. The van der Waals surface area contributed by atoms with Crippen molar-refractivity contribution in [2.24, 2.45) is 0 Å². The van der Waals surface area contributed by atoms with Gasteiger partial charge in [-0.05, 0) is 43.9 Å². The van der Waals surface area contributed by atoms with Gasteiger partial charge in [0, 0.05) is 51.6 Å². The summed E-state index contributed by atoms with van der Waals surface area (Å²) in [5.74, 6) is 1.41. The van der Waals surface area contributed by atoms with Crippen molar-refractivity contribution in [1.82, 2.24) is 9.62 Å². The van der Waals surface area contributed by atoms with Gasteiger partial charge in [-0.1, -0.05) is 6.42 Å². The number of hydrogen-bond acceptors (Lipinski definition) is 6. The van der Waals surface area contributed by atoms with E-state index in [9.17, 15) is 13.2 Å². The predicted octanol–water partition coefficient (Wildman–Crippen LogP) is 2.60. The summed E-state index contributed by atoms with van der Waals surface area (Å²) in [6.45, 7) is 3.40. The molecule has 0 radical (unpaired) electrons. The summed E-state index contributed by atoms with van der Waals surface area (Å²) in [7, 11) is -2.09. The van der Waals surface area contributed by atoms with Gasteiger partial charge in [0.05, 0.1) is 23.8 Å². The third-order valence-corrected chi connectivity index (χ3v) is 7.67. The zero-order valence-electron chi connectivity index (χ0n) is 18.7. The van der Waals surface area contributed by atoms with E-state index in [1.807, 2.05) is 4.90 Å². The zero-order valence-corrected chi connectivity index (χ0v) is 20.3. The first-order chi connectivity index (χ1) is 15.4. The summed E-state index contributed by atoms with van der Waals surface area (Å²) in [6.07, 6.45) is 5.07. The van der Waals surface area contributed by atoms with Gasteiger partial charge >= 0.3 is 0 Å². The van der Waals surface area contributed by atoms with Crippen molar-refractivity contribution in [3.8, 4) is 5.75 Å². The van der Waals surface area contributed by atoms with Gasteiger partial charge in [-0.15, -0.1) is 11.6 Å². The standard InChI is InChI=1S/C22H34ClN3O5S/c1-30-21-9-8-19(32(28,29)24-17-18-6-5-15-31-18)16-20(21)25-11-13-26(14-12-25)22(27)7-3-2-4-10-23/h8-9,16,18,24H,2-7,10-15,17H2,1H3. The van der Waals surface area contributed by atoms with Crippen LogP contribution in [0.2, 0.25) is 0 Å². The number of carbonyl (C=O) groups is 1. The van der Waals surface area contributed by atoms with Crippen LogP contribution in [0.1, 0.15) is 38.5 Å². The van der Waals surface area contributed by atoms with Crippen molar-refractivity contribution in [3.63, 3.8) is 0 Å². The maximum atomic E-state index is 12.8. The molecule has 0 bridgehead atoms. The van der Waals surface area contributed by atoms with Gasteiger partial charge in [0.1, 0.15) is 5.75 Å². The minimum atomic E-state index is -3.66. The van der Waals surface area contributed by atoms with Crippen LogP contribution in [0.5, 0.6) is 5.75 Å². The molecule has 2 fully saturated rings. The molecular formula is C22H34ClN3O5S. The van der Waals surface area contributed by atoms with Gasteiger partial charge in [0.15, 0.2) is 0 Å². The Morgan fingerprint density at radius 3 is 2.66 bits per heavy atom. The summed E-state index contributed by atoms with van der Waals surface area (Å²) in [6, 6.07) is 4.89. The average Bonchev–Trinajstić information content (AvgIpc) is 3.34. The molecule has 2 aliphatic heterocycles. The lowest BCUT2D eigenvalue weighted by atomic mass is 10.1. The van der Waals surface area contributed by atoms with E-state index in [0.29, 0.717) is 50.8 Å². The number of sulfonamides is 1. The fourth-order valence-electron chi connectivity index (χ4n) is 4.08. The molecule has 1 aromatic carbocycles. The number of methoxy groups -OCH3 is 1. The molecule has 1 N–H and O–H groups in total. The highest BCUT2D eigenvalue weighted by atomic mass is 35.5. The lowest BCUT2D eigenvalue weighted by Gasteiger charge is -2.37. The summed E-state index contributed by atoms with van der Waals surface area (Å²) in [5.41, 5.74) is 0.724. The number of hydrogen-bond donors (Lipinski definition) is 1. The summed E-state index contributed by atoms with van der Waals surface area (Å²) < 4.78 is 39.3. The van der Waals surface area contributed by atoms with Gasteiger partial charge in [-0.3, -0.25) is 4.79 Å². The Labute approximate surface area is 196 Å². The maximum Gasteiger partial charge on any atom is 0.240 e. The summed E-state index contributed by atoms with van der Waals surface area (Å²) in [4.78, 5) is 16.6. The van der Waals surface area contributed by atoms with Crippen LogP contribution in [0.15, 0.2) is 23.1 Å². The van der Waals surface area contributed by atoms with E-state index in [0.717, 1.165) is 37.8 Å². The largest absolute Gasteiger partial charge is 0.495 e. The molecule has 32 heavy (non-hydrogen) atoms. The minimum absolute atomic E-state index is 0.0666. The van der Waals surface area contributed by atoms with Crippen LogP contribution in [0, 0.1) is 0 Å². The number of piperazine rings is 1. The Morgan fingerprint density at radius 2 is 2.00 bits per heavy atom. The van der Waals surface area contributed by atoms with Gasteiger partial charge in [0.2, 0.25) is 15.9 Å². The first kappa shape index (κ1) is 25.1. The van der Waals surface area contributed by atoms with Crippen molar-refractivity contribution >= 4 is 33.2 Å². The molecule has 0 saturated carbocycles. The lowest BCUT2D eigenvalue weighted by molar-refractivity contribution is -0.131. The van der Waals surface area contributed by atoms with E-state index >= 15 is 0 Å². The molecule has 1 aromatic rings. The second-order valence-corrected chi connectivity index (χ2v) is 10.3.